The number of nitrogens with zero attached hydrogens (tertiary/aromatic N) is 4. The van der Waals surface area contributed by atoms with Gasteiger partial charge < -0.3 is 23.2 Å². The van der Waals surface area contributed by atoms with Crippen LogP contribution in [0.1, 0.15) is 76.0 Å². The molecule has 1 saturated heterocycles. The summed E-state index contributed by atoms with van der Waals surface area (Å²) in [5.74, 6) is 0.873. The molecule has 260 valence electrons. The minimum atomic E-state index is -2.14. The molecule has 0 saturated carbocycles. The van der Waals surface area contributed by atoms with Crippen molar-refractivity contribution in [2.24, 2.45) is 0 Å². The van der Waals surface area contributed by atoms with Gasteiger partial charge in [0.1, 0.15) is 24.2 Å². The van der Waals surface area contributed by atoms with Crippen molar-refractivity contribution in [3.63, 3.8) is 0 Å². The molecule has 0 amide bonds. The van der Waals surface area contributed by atoms with Crippen molar-refractivity contribution in [1.29, 1.82) is 0 Å². The number of H-pyrrole nitrogens is 2. The summed E-state index contributed by atoms with van der Waals surface area (Å²) in [5, 5.41) is 1.17. The van der Waals surface area contributed by atoms with E-state index in [0.717, 1.165) is 30.0 Å². The number of nitrogens with one attached hydrogen (secondary N) is 2. The Labute approximate surface area is 283 Å². The monoisotopic (exact) mass is 696 g/mol. The molecule has 6 rings (SSSR count). The fraction of sp³-hybridized carbons (Fsp3) is 0.559. The van der Waals surface area contributed by atoms with E-state index in [9.17, 15) is 9.59 Å². The second-order valence-corrected chi connectivity index (χ2v) is 20.9. The average molecular weight is 697 g/mol. The van der Waals surface area contributed by atoms with Crippen LogP contribution in [0.5, 0.6) is 0 Å². The number of benzene rings is 1. The lowest BCUT2D eigenvalue weighted by Crippen LogP contribution is -2.44. The summed E-state index contributed by atoms with van der Waals surface area (Å²) in [4.78, 5) is 38.2. The van der Waals surface area contributed by atoms with Gasteiger partial charge in [0.05, 0.1) is 23.9 Å². The predicted molar refractivity (Wildman–Crippen MR) is 190 cm³/mol. The van der Waals surface area contributed by atoms with Crippen molar-refractivity contribution >= 4 is 27.7 Å². The van der Waals surface area contributed by atoms with E-state index in [1.54, 1.807) is 26.4 Å². The highest BCUT2D eigenvalue weighted by atomic mass is 31.2. The minimum absolute atomic E-state index is 0.000251. The zero-order chi connectivity index (χ0) is 34.5. The summed E-state index contributed by atoms with van der Waals surface area (Å²) in [7, 11) is -2.16. The molecule has 48 heavy (non-hydrogen) atoms. The number of aromatic nitrogens is 5. The molecule has 2 aliphatic rings. The van der Waals surface area contributed by atoms with Crippen molar-refractivity contribution in [2.45, 2.75) is 103 Å². The van der Waals surface area contributed by atoms with E-state index in [4.69, 9.17) is 23.2 Å². The normalized spacial score (nSPS) is 22.9. The van der Waals surface area contributed by atoms with E-state index < -0.39 is 46.5 Å². The summed E-state index contributed by atoms with van der Waals surface area (Å²) in [6, 6.07) is 8.56. The van der Waals surface area contributed by atoms with Crippen LogP contribution in [-0.4, -0.2) is 75.6 Å². The van der Waals surface area contributed by atoms with Crippen LogP contribution >= 0.6 is 8.53 Å². The third kappa shape index (κ3) is 6.42. The van der Waals surface area contributed by atoms with Crippen LogP contribution in [0.4, 0.5) is 0 Å². The molecule has 4 aromatic rings. The highest BCUT2D eigenvalue weighted by Crippen LogP contribution is 2.53. The Bertz CT molecular complexity index is 1860. The number of para-hydroxylation sites is 1. The first-order valence-corrected chi connectivity index (χ1v) is 20.8. The van der Waals surface area contributed by atoms with Crippen LogP contribution in [0.2, 0.25) is 18.1 Å². The van der Waals surface area contributed by atoms with E-state index in [1.165, 1.54) is 15.5 Å². The smallest absolute Gasteiger partial charge is 0.330 e. The van der Waals surface area contributed by atoms with Crippen LogP contribution in [0, 0.1) is 6.92 Å². The van der Waals surface area contributed by atoms with Gasteiger partial charge >= 0.3 is 5.69 Å². The Hall–Kier alpha value is -2.90. The van der Waals surface area contributed by atoms with Gasteiger partial charge in [0.15, 0.2) is 8.32 Å². The topological polar surface area (TPSA) is 129 Å². The fourth-order valence-electron chi connectivity index (χ4n) is 6.55. The number of aryl methyl sites for hydroxylation is 1. The molecule has 2 aliphatic heterocycles. The summed E-state index contributed by atoms with van der Waals surface area (Å²) in [6.45, 7) is 18.3. The van der Waals surface area contributed by atoms with E-state index in [1.807, 2.05) is 12.3 Å². The van der Waals surface area contributed by atoms with Crippen LogP contribution in [0.3, 0.4) is 0 Å². The van der Waals surface area contributed by atoms with Gasteiger partial charge in [-0.3, -0.25) is 23.6 Å². The molecule has 5 atom stereocenters. The van der Waals surface area contributed by atoms with Gasteiger partial charge in [-0.2, -0.15) is 0 Å². The van der Waals surface area contributed by atoms with Crippen LogP contribution < -0.4 is 11.2 Å². The van der Waals surface area contributed by atoms with Gasteiger partial charge in [0.2, 0.25) is 0 Å². The molecule has 1 fully saturated rings. The molecule has 0 bridgehead atoms. The molecule has 3 aromatic heterocycles. The molecule has 5 heterocycles. The second-order valence-electron chi connectivity index (χ2n) is 14.6. The molecule has 1 aromatic carbocycles. The highest BCUT2D eigenvalue weighted by molar-refractivity contribution is 7.45. The second kappa shape index (κ2) is 13.4. The SMILES string of the molecule is COP(O[C@H]1C[C@H](n2cc(C)c(=O)[nH]c2=O)O[C@@H]1CO[Si](C)(C)C(C)(C)C)n1c2c(c3ccccc31)CCN(C(C)C)[C@@H]2c1ncc[nH]1. The maximum atomic E-state index is 13.0. The molecular weight excluding hydrogens is 647 g/mol. The fourth-order valence-corrected chi connectivity index (χ4v) is 9.12. The first kappa shape index (κ1) is 34.9. The number of fused-ring (bicyclic) bond motifs is 3. The number of rotatable bonds is 10. The Morgan fingerprint density at radius 2 is 1.94 bits per heavy atom. The zero-order valence-electron chi connectivity index (χ0n) is 29.4. The maximum Gasteiger partial charge on any atom is 0.330 e. The number of aromatic amines is 2. The van der Waals surface area contributed by atoms with Crippen LogP contribution in [0.25, 0.3) is 10.9 Å². The number of ether oxygens (including phenoxy) is 1. The average Bonchev–Trinajstić information content (AvgIpc) is 3.78. The first-order chi connectivity index (χ1) is 22.7. The van der Waals surface area contributed by atoms with Crippen molar-refractivity contribution in [3.8, 4) is 0 Å². The van der Waals surface area contributed by atoms with Crippen molar-refractivity contribution in [1.82, 2.24) is 28.8 Å². The number of hydrogen-bond acceptors (Lipinski definition) is 8. The lowest BCUT2D eigenvalue weighted by atomic mass is 9.95. The zero-order valence-corrected chi connectivity index (χ0v) is 31.3. The Kier molecular flexibility index (Phi) is 9.78. The molecular formula is C34H49N6O6PSi. The van der Waals surface area contributed by atoms with E-state index in [0.29, 0.717) is 18.6 Å². The van der Waals surface area contributed by atoms with Gasteiger partial charge in [-0.05, 0) is 57.0 Å². The highest BCUT2D eigenvalue weighted by Gasteiger charge is 2.45. The van der Waals surface area contributed by atoms with E-state index >= 15 is 0 Å². The van der Waals surface area contributed by atoms with E-state index in [-0.39, 0.29) is 17.1 Å². The Balaban J connectivity index is 1.42. The first-order valence-electron chi connectivity index (χ1n) is 16.7. The summed E-state index contributed by atoms with van der Waals surface area (Å²) in [6.07, 6.45) is 4.90. The third-order valence-electron chi connectivity index (χ3n) is 10.2. The summed E-state index contributed by atoms with van der Waals surface area (Å²) in [5.41, 5.74) is 2.92. The van der Waals surface area contributed by atoms with Crippen LogP contribution in [-0.2, 0) is 24.6 Å². The lowest BCUT2D eigenvalue weighted by Gasteiger charge is -2.39. The van der Waals surface area contributed by atoms with Crippen LogP contribution in [0.15, 0.2) is 52.4 Å². The van der Waals surface area contributed by atoms with Gasteiger partial charge in [-0.15, -0.1) is 0 Å². The molecule has 0 radical (unpaired) electrons. The molecule has 0 aliphatic carbocycles. The molecule has 0 spiro atoms. The summed E-state index contributed by atoms with van der Waals surface area (Å²) >= 11 is 0. The standard InChI is InChI=1S/C34H49N6O6PSi/c1-21(2)38-17-14-24-23-12-10-11-13-25(23)40(29(24)30(38)31-35-15-16-36-31)47(43-7)46-26-18-28(39-19-22(3)32(41)37-33(39)42)45-27(26)20-44-48(8,9)34(4,5)6/h10-13,15-16,19,21,26-28,30H,14,17-18,20H2,1-9H3,(H,35,36)(H,37,41,42)/t26-,27+,28+,30-,47?/m0/s1. The van der Waals surface area contributed by atoms with Gasteiger partial charge in [-0.25, -0.2) is 9.78 Å². The number of imidazole rings is 1. The predicted octanol–water partition coefficient (Wildman–Crippen LogP) is 5.99. The Morgan fingerprint density at radius 1 is 1.19 bits per heavy atom. The maximum absolute atomic E-state index is 13.0. The third-order valence-corrected chi connectivity index (χ3v) is 16.3. The van der Waals surface area contributed by atoms with Gasteiger partial charge in [0.25, 0.3) is 14.1 Å². The van der Waals surface area contributed by atoms with Crippen molar-refractivity contribution in [2.75, 3.05) is 20.3 Å². The largest absolute Gasteiger partial charge is 0.414 e. The minimum Gasteiger partial charge on any atom is -0.414 e. The van der Waals surface area contributed by atoms with Crippen molar-refractivity contribution < 1.29 is 18.2 Å². The number of hydrogen-bond donors (Lipinski definition) is 2. The molecule has 2 N–H and O–H groups in total. The molecule has 14 heteroatoms. The Morgan fingerprint density at radius 3 is 2.60 bits per heavy atom. The van der Waals surface area contributed by atoms with E-state index in [2.05, 4.69) is 85.1 Å². The lowest BCUT2D eigenvalue weighted by molar-refractivity contribution is -0.0398. The molecule has 1 unspecified atom stereocenters. The van der Waals surface area contributed by atoms with Gasteiger partial charge in [-0.1, -0.05) is 39.0 Å². The van der Waals surface area contributed by atoms with Crippen molar-refractivity contribution in [3.05, 3.63) is 86.3 Å². The molecule has 12 nitrogen and oxygen atoms in total. The summed E-state index contributed by atoms with van der Waals surface area (Å²) < 4.78 is 30.2. The van der Waals surface area contributed by atoms with Gasteiger partial charge in [0, 0.05) is 55.7 Å². The quantitative estimate of drug-likeness (QED) is 0.153.